The molecule has 1 spiro atoms. The van der Waals surface area contributed by atoms with E-state index in [9.17, 15) is 19.5 Å². The number of ether oxygens (including phenoxy) is 1. The summed E-state index contributed by atoms with van der Waals surface area (Å²) in [5.41, 5.74) is 1.20. The Morgan fingerprint density at radius 1 is 1.20 bits per heavy atom. The van der Waals surface area contributed by atoms with Gasteiger partial charge in [-0.3, -0.25) is 14.4 Å². The number of hydrogen-bond acceptors (Lipinski definition) is 6. The molecule has 3 saturated heterocycles. The van der Waals surface area contributed by atoms with Gasteiger partial charge in [0.05, 0.1) is 46.5 Å². The minimum atomic E-state index is -0.977. The van der Waals surface area contributed by atoms with Crippen molar-refractivity contribution in [3.63, 3.8) is 0 Å². The molecule has 3 aliphatic rings. The van der Waals surface area contributed by atoms with Gasteiger partial charge in [-0.25, -0.2) is 0 Å². The van der Waals surface area contributed by atoms with Crippen LogP contribution in [0.15, 0.2) is 79.9 Å². The summed E-state index contributed by atoms with van der Waals surface area (Å²) in [5, 5.41) is 10.8. The van der Waals surface area contributed by atoms with Crippen LogP contribution in [0.4, 0.5) is 5.69 Å². The maximum Gasteiger partial charge on any atom is 0.310 e. The number of rotatable bonds is 11. The molecule has 3 aliphatic heterocycles. The lowest BCUT2D eigenvalue weighted by atomic mass is 9.71. The summed E-state index contributed by atoms with van der Waals surface area (Å²) in [7, 11) is 0. The molecule has 7 atom stereocenters. The summed E-state index contributed by atoms with van der Waals surface area (Å²) in [4.78, 5) is 45.8. The highest BCUT2D eigenvalue weighted by atomic mass is 79.9. The van der Waals surface area contributed by atoms with Gasteiger partial charge < -0.3 is 19.6 Å². The average Bonchev–Trinajstić information content (AvgIpc) is 3.56. The van der Waals surface area contributed by atoms with E-state index in [4.69, 9.17) is 16.3 Å². The zero-order chi connectivity index (χ0) is 29.3. The Morgan fingerprint density at radius 3 is 2.56 bits per heavy atom. The third-order valence-corrected chi connectivity index (χ3v) is 11.8. The van der Waals surface area contributed by atoms with E-state index < -0.39 is 41.2 Å². The maximum atomic E-state index is 14.8. The molecule has 10 heteroatoms. The molecule has 3 heterocycles. The van der Waals surface area contributed by atoms with Gasteiger partial charge in [-0.2, -0.15) is 0 Å². The van der Waals surface area contributed by atoms with E-state index in [-0.39, 0.29) is 35.0 Å². The number of aliphatic hydroxyl groups is 1. The van der Waals surface area contributed by atoms with Crippen molar-refractivity contribution >= 4 is 62.8 Å². The van der Waals surface area contributed by atoms with Gasteiger partial charge in [0.15, 0.2) is 0 Å². The lowest BCUT2D eigenvalue weighted by Gasteiger charge is -2.40. The number of benzene rings is 2. The SMILES string of the molecule is C=CCCOC(=O)[C@H]1[C@@H]2SC3(CC2Br)C(C(=O)N(CC=C)c2ccccc2Cl)N([C@H](CO)c2ccccc2)C(=O)[C@H]13. The highest BCUT2D eigenvalue weighted by Crippen LogP contribution is 2.68. The summed E-state index contributed by atoms with van der Waals surface area (Å²) in [5.74, 6) is -2.64. The topological polar surface area (TPSA) is 87.2 Å². The Hall–Kier alpha value is -2.59. The number of carbonyl (C=O) groups excluding carboxylic acids is 3. The average molecular weight is 660 g/mol. The number of anilines is 1. The van der Waals surface area contributed by atoms with Gasteiger partial charge in [0, 0.05) is 16.6 Å². The van der Waals surface area contributed by atoms with Crippen molar-refractivity contribution in [2.45, 2.75) is 39.7 Å². The number of amides is 2. The van der Waals surface area contributed by atoms with E-state index in [1.165, 1.54) is 16.7 Å². The first-order chi connectivity index (χ1) is 19.8. The molecule has 3 unspecified atom stereocenters. The number of thioether (sulfide) groups is 1. The van der Waals surface area contributed by atoms with Gasteiger partial charge in [0.2, 0.25) is 5.91 Å². The van der Waals surface area contributed by atoms with Gasteiger partial charge in [0.1, 0.15) is 6.04 Å². The van der Waals surface area contributed by atoms with Gasteiger partial charge in [-0.1, -0.05) is 82.1 Å². The summed E-state index contributed by atoms with van der Waals surface area (Å²) in [6.45, 7) is 7.48. The summed E-state index contributed by atoms with van der Waals surface area (Å²) in [6.07, 6.45) is 4.29. The van der Waals surface area contributed by atoms with Crippen molar-refractivity contribution in [3.8, 4) is 0 Å². The Morgan fingerprint density at radius 2 is 1.90 bits per heavy atom. The van der Waals surface area contributed by atoms with Crippen LogP contribution in [0.5, 0.6) is 0 Å². The van der Waals surface area contributed by atoms with Crippen LogP contribution in [-0.4, -0.2) is 68.4 Å². The number of carbonyl (C=O) groups is 3. The van der Waals surface area contributed by atoms with Gasteiger partial charge in [-0.15, -0.1) is 24.9 Å². The lowest BCUT2D eigenvalue weighted by Crippen LogP contribution is -2.56. The number of halogens is 2. The van der Waals surface area contributed by atoms with Crippen molar-refractivity contribution in [1.82, 2.24) is 4.90 Å². The van der Waals surface area contributed by atoms with Gasteiger partial charge in [-0.05, 0) is 30.5 Å². The van der Waals surface area contributed by atoms with E-state index in [1.807, 2.05) is 30.3 Å². The minimum Gasteiger partial charge on any atom is -0.465 e. The molecule has 2 aromatic carbocycles. The van der Waals surface area contributed by atoms with E-state index in [0.29, 0.717) is 29.1 Å². The number of para-hydroxylation sites is 1. The summed E-state index contributed by atoms with van der Waals surface area (Å²) >= 11 is 11.9. The molecule has 0 saturated carbocycles. The second-order valence-corrected chi connectivity index (χ2v) is 13.6. The fourth-order valence-electron chi connectivity index (χ4n) is 6.57. The van der Waals surface area contributed by atoms with Gasteiger partial charge >= 0.3 is 5.97 Å². The molecule has 2 aromatic rings. The van der Waals surface area contributed by atoms with Crippen molar-refractivity contribution in [2.24, 2.45) is 11.8 Å². The molecule has 3 fully saturated rings. The fourth-order valence-corrected chi connectivity index (χ4v) is 10.4. The third-order valence-electron chi connectivity index (χ3n) is 8.21. The standard InChI is InChI=1S/C31H32BrClN2O5S/c1-3-5-16-40-30(39)24-25-28(37)35(23(18-36)19-11-7-6-8-12-19)27(31(25)17-20(32)26(24)41-31)29(38)34(15-4-2)22-14-10-9-13-21(22)33/h3-4,6-14,20,23-27,36H,1-2,5,15-18H2/t20?,23-,24-,25+,26-,27?,31?/m1/s1. The van der Waals surface area contributed by atoms with Crippen LogP contribution in [-0.2, 0) is 19.1 Å². The van der Waals surface area contributed by atoms with E-state index in [0.717, 1.165) is 0 Å². The molecule has 0 aromatic heterocycles. The van der Waals surface area contributed by atoms with Crippen LogP contribution < -0.4 is 4.90 Å². The van der Waals surface area contributed by atoms with Crippen LogP contribution in [0.25, 0.3) is 0 Å². The summed E-state index contributed by atoms with van der Waals surface area (Å²) < 4.78 is 4.68. The Bertz CT molecular complexity index is 1340. The molecule has 41 heavy (non-hydrogen) atoms. The number of hydrogen-bond donors (Lipinski definition) is 1. The first-order valence-electron chi connectivity index (χ1n) is 13.5. The van der Waals surface area contributed by atoms with Crippen LogP contribution in [0.2, 0.25) is 5.02 Å². The lowest BCUT2D eigenvalue weighted by molar-refractivity contribution is -0.154. The number of fused-ring (bicyclic) bond motifs is 1. The minimum absolute atomic E-state index is 0.110. The molecule has 0 aliphatic carbocycles. The number of alkyl halides is 1. The number of likely N-dealkylation sites (tertiary alicyclic amines) is 1. The summed E-state index contributed by atoms with van der Waals surface area (Å²) in [6, 6.07) is 14.4. The van der Waals surface area contributed by atoms with Crippen LogP contribution >= 0.6 is 39.3 Å². The molecular weight excluding hydrogens is 628 g/mol. The normalized spacial score (nSPS) is 28.7. The highest BCUT2D eigenvalue weighted by Gasteiger charge is 2.76. The molecule has 7 nitrogen and oxygen atoms in total. The second-order valence-electron chi connectivity index (χ2n) is 10.5. The zero-order valence-corrected chi connectivity index (χ0v) is 25.6. The van der Waals surface area contributed by atoms with Gasteiger partial charge in [0.25, 0.3) is 5.91 Å². The van der Waals surface area contributed by atoms with Crippen LogP contribution in [0, 0.1) is 11.8 Å². The molecule has 2 bridgehead atoms. The monoisotopic (exact) mass is 658 g/mol. The fraction of sp³-hybridized carbons (Fsp3) is 0.387. The quantitative estimate of drug-likeness (QED) is 0.155. The van der Waals surface area contributed by atoms with E-state index in [2.05, 4.69) is 29.1 Å². The Balaban J connectivity index is 1.64. The molecule has 1 N–H and O–H groups in total. The van der Waals surface area contributed by atoms with Crippen molar-refractivity contribution in [2.75, 3.05) is 24.7 Å². The molecule has 0 radical (unpaired) electrons. The number of aliphatic hydroxyl groups excluding tert-OH is 1. The highest BCUT2D eigenvalue weighted by molar-refractivity contribution is 9.09. The van der Waals surface area contributed by atoms with Crippen LogP contribution in [0.1, 0.15) is 24.4 Å². The smallest absolute Gasteiger partial charge is 0.310 e. The van der Waals surface area contributed by atoms with Crippen LogP contribution in [0.3, 0.4) is 0 Å². The van der Waals surface area contributed by atoms with E-state index in [1.54, 1.807) is 41.3 Å². The predicted octanol–water partition coefficient (Wildman–Crippen LogP) is 5.18. The number of esters is 1. The Labute approximate surface area is 257 Å². The van der Waals surface area contributed by atoms with E-state index >= 15 is 0 Å². The Kier molecular flexibility index (Phi) is 8.99. The molecule has 2 amide bonds. The number of nitrogens with zero attached hydrogens (tertiary/aromatic N) is 2. The second kappa shape index (κ2) is 12.3. The molecule has 216 valence electrons. The predicted molar refractivity (Wildman–Crippen MR) is 165 cm³/mol. The van der Waals surface area contributed by atoms with Crippen molar-refractivity contribution in [3.05, 3.63) is 90.5 Å². The van der Waals surface area contributed by atoms with Crippen molar-refractivity contribution in [1.29, 1.82) is 0 Å². The first kappa shape index (κ1) is 29.9. The molecule has 5 rings (SSSR count). The largest absolute Gasteiger partial charge is 0.465 e. The third kappa shape index (κ3) is 5.05. The zero-order valence-electron chi connectivity index (χ0n) is 22.4. The maximum absolute atomic E-state index is 14.8. The first-order valence-corrected chi connectivity index (χ1v) is 15.7. The van der Waals surface area contributed by atoms with Crippen molar-refractivity contribution < 1.29 is 24.2 Å². The molecular formula is C31H32BrClN2O5S.